The van der Waals surface area contributed by atoms with Crippen molar-refractivity contribution in [1.29, 1.82) is 0 Å². The van der Waals surface area contributed by atoms with E-state index in [1.54, 1.807) is 36.4 Å². The molecule has 1 heterocycles. The van der Waals surface area contributed by atoms with Gasteiger partial charge in [-0.2, -0.15) is 0 Å². The van der Waals surface area contributed by atoms with Crippen molar-refractivity contribution in [3.63, 3.8) is 0 Å². The fraction of sp³-hybridized carbons (Fsp3) is 0. The van der Waals surface area contributed by atoms with Gasteiger partial charge in [0.05, 0.1) is 10.6 Å². The lowest BCUT2D eigenvalue weighted by molar-refractivity contribution is 0.620. The molecule has 2 N–H and O–H groups in total. The van der Waals surface area contributed by atoms with Crippen LogP contribution in [0.3, 0.4) is 0 Å². The molecule has 0 aliphatic rings. The van der Waals surface area contributed by atoms with Crippen molar-refractivity contribution >= 4 is 40.0 Å². The van der Waals surface area contributed by atoms with E-state index >= 15 is 0 Å². The zero-order valence-corrected chi connectivity index (χ0v) is 10.7. The number of fused-ring (bicyclic) bond motifs is 1. The van der Waals surface area contributed by atoms with E-state index in [-0.39, 0.29) is 0 Å². The van der Waals surface area contributed by atoms with Crippen LogP contribution in [0.25, 0.3) is 22.6 Å². The van der Waals surface area contributed by atoms with E-state index in [0.29, 0.717) is 38.3 Å². The Bertz CT molecular complexity index is 737. The topological polar surface area (TPSA) is 52.0 Å². The number of rotatable bonds is 1. The van der Waals surface area contributed by atoms with Crippen LogP contribution in [0.1, 0.15) is 0 Å². The van der Waals surface area contributed by atoms with Gasteiger partial charge in [0, 0.05) is 10.7 Å². The minimum absolute atomic E-state index is 0.456. The molecule has 2 aromatic carbocycles. The van der Waals surface area contributed by atoms with Gasteiger partial charge >= 0.3 is 0 Å². The number of nitrogens with zero attached hydrogens (tertiary/aromatic N) is 1. The summed E-state index contributed by atoms with van der Waals surface area (Å²) in [6.45, 7) is 0. The van der Waals surface area contributed by atoms with E-state index < -0.39 is 0 Å². The van der Waals surface area contributed by atoms with Gasteiger partial charge in [-0.25, -0.2) is 4.98 Å². The molecule has 0 aliphatic heterocycles. The molecule has 3 rings (SSSR count). The van der Waals surface area contributed by atoms with E-state index in [0.717, 1.165) is 0 Å². The minimum Gasteiger partial charge on any atom is -0.436 e. The fourth-order valence-corrected chi connectivity index (χ4v) is 2.21. The third-order valence-electron chi connectivity index (χ3n) is 2.57. The lowest BCUT2D eigenvalue weighted by Crippen LogP contribution is -1.82. The van der Waals surface area contributed by atoms with Gasteiger partial charge in [0.1, 0.15) is 5.52 Å². The van der Waals surface area contributed by atoms with Gasteiger partial charge in [-0.15, -0.1) is 0 Å². The molecule has 0 radical (unpaired) electrons. The highest BCUT2D eigenvalue weighted by Crippen LogP contribution is 2.32. The van der Waals surface area contributed by atoms with E-state index in [1.165, 1.54) is 0 Å². The Kier molecular flexibility index (Phi) is 2.65. The zero-order chi connectivity index (χ0) is 12.7. The Morgan fingerprint density at radius 1 is 1.06 bits per heavy atom. The van der Waals surface area contributed by atoms with Gasteiger partial charge in [-0.1, -0.05) is 23.2 Å². The molecular weight excluding hydrogens is 271 g/mol. The summed E-state index contributed by atoms with van der Waals surface area (Å²) in [5.74, 6) is 0.456. The second kappa shape index (κ2) is 4.19. The van der Waals surface area contributed by atoms with Crippen molar-refractivity contribution in [2.24, 2.45) is 0 Å². The SMILES string of the molecule is Nc1ccc2oc(-c3ccc(Cl)cc3Cl)nc2c1. The van der Waals surface area contributed by atoms with Crippen molar-refractivity contribution in [2.45, 2.75) is 0 Å². The number of benzene rings is 2. The maximum absolute atomic E-state index is 6.11. The lowest BCUT2D eigenvalue weighted by Gasteiger charge is -1.98. The first kappa shape index (κ1) is 11.4. The summed E-state index contributed by atoms with van der Waals surface area (Å²) in [5, 5.41) is 1.08. The van der Waals surface area contributed by atoms with Crippen LogP contribution in [-0.4, -0.2) is 4.98 Å². The molecule has 18 heavy (non-hydrogen) atoms. The van der Waals surface area contributed by atoms with Crippen molar-refractivity contribution in [2.75, 3.05) is 5.73 Å². The first-order valence-corrected chi connectivity index (χ1v) is 6.00. The molecule has 0 amide bonds. The van der Waals surface area contributed by atoms with Gasteiger partial charge in [0.15, 0.2) is 5.58 Å². The summed E-state index contributed by atoms with van der Waals surface area (Å²) in [6, 6.07) is 10.5. The molecule has 0 saturated heterocycles. The lowest BCUT2D eigenvalue weighted by atomic mass is 10.2. The normalized spacial score (nSPS) is 11.0. The van der Waals surface area contributed by atoms with E-state index in [9.17, 15) is 0 Å². The number of hydrogen-bond acceptors (Lipinski definition) is 3. The monoisotopic (exact) mass is 278 g/mol. The van der Waals surface area contributed by atoms with Crippen molar-refractivity contribution in [1.82, 2.24) is 4.98 Å². The highest BCUT2D eigenvalue weighted by Gasteiger charge is 2.11. The Morgan fingerprint density at radius 3 is 2.67 bits per heavy atom. The van der Waals surface area contributed by atoms with E-state index in [4.69, 9.17) is 33.4 Å². The summed E-state index contributed by atoms with van der Waals surface area (Å²) in [5.41, 5.74) is 8.42. The van der Waals surface area contributed by atoms with Crippen LogP contribution < -0.4 is 5.73 Å². The standard InChI is InChI=1S/C13H8Cl2N2O/c14-7-1-3-9(10(15)5-7)13-17-11-6-8(16)2-4-12(11)18-13/h1-6H,16H2. The van der Waals surface area contributed by atoms with Crippen LogP contribution in [0.5, 0.6) is 0 Å². The second-order valence-electron chi connectivity index (χ2n) is 3.87. The third kappa shape index (κ3) is 1.92. The average Bonchev–Trinajstić information content (AvgIpc) is 2.71. The highest BCUT2D eigenvalue weighted by atomic mass is 35.5. The van der Waals surface area contributed by atoms with Crippen LogP contribution >= 0.6 is 23.2 Å². The van der Waals surface area contributed by atoms with E-state index in [1.807, 2.05) is 0 Å². The first-order chi connectivity index (χ1) is 8.63. The number of aromatic nitrogens is 1. The highest BCUT2D eigenvalue weighted by molar-refractivity contribution is 6.36. The number of nitrogens with two attached hydrogens (primary N) is 1. The molecular formula is C13H8Cl2N2O. The zero-order valence-electron chi connectivity index (χ0n) is 9.15. The van der Waals surface area contributed by atoms with Crippen molar-refractivity contribution < 1.29 is 4.42 Å². The molecule has 90 valence electrons. The van der Waals surface area contributed by atoms with Crippen LogP contribution in [0.4, 0.5) is 5.69 Å². The first-order valence-electron chi connectivity index (χ1n) is 5.25. The van der Waals surface area contributed by atoms with Crippen LogP contribution in [0, 0.1) is 0 Å². The number of anilines is 1. The van der Waals surface area contributed by atoms with Gasteiger partial charge in [0.25, 0.3) is 0 Å². The Balaban J connectivity index is 2.19. The second-order valence-corrected chi connectivity index (χ2v) is 4.71. The van der Waals surface area contributed by atoms with Gasteiger partial charge in [-0.05, 0) is 36.4 Å². The van der Waals surface area contributed by atoms with Gasteiger partial charge < -0.3 is 10.2 Å². The Hall–Kier alpha value is -1.71. The number of oxazole rings is 1. The van der Waals surface area contributed by atoms with Crippen LogP contribution in [0.2, 0.25) is 10.0 Å². The third-order valence-corrected chi connectivity index (χ3v) is 3.12. The molecule has 3 nitrogen and oxygen atoms in total. The molecule has 1 aromatic heterocycles. The number of hydrogen-bond donors (Lipinski definition) is 1. The van der Waals surface area contributed by atoms with Gasteiger partial charge in [0.2, 0.25) is 5.89 Å². The summed E-state index contributed by atoms with van der Waals surface area (Å²) < 4.78 is 5.64. The average molecular weight is 279 g/mol. The molecule has 0 fully saturated rings. The molecule has 0 spiro atoms. The van der Waals surface area contributed by atoms with Crippen LogP contribution in [-0.2, 0) is 0 Å². The molecule has 0 bridgehead atoms. The number of nitrogen functional groups attached to an aromatic ring is 1. The molecule has 0 atom stereocenters. The van der Waals surface area contributed by atoms with E-state index in [2.05, 4.69) is 4.98 Å². The molecule has 0 aliphatic carbocycles. The number of halogens is 2. The summed E-state index contributed by atoms with van der Waals surface area (Å²) in [6.07, 6.45) is 0. The fourth-order valence-electron chi connectivity index (χ4n) is 1.72. The van der Waals surface area contributed by atoms with Gasteiger partial charge in [-0.3, -0.25) is 0 Å². The van der Waals surface area contributed by atoms with Crippen molar-refractivity contribution in [3.8, 4) is 11.5 Å². The minimum atomic E-state index is 0.456. The molecule has 0 unspecified atom stereocenters. The Labute approximate surface area is 113 Å². The predicted molar refractivity (Wildman–Crippen MR) is 73.9 cm³/mol. The van der Waals surface area contributed by atoms with Crippen molar-refractivity contribution in [3.05, 3.63) is 46.4 Å². The quantitative estimate of drug-likeness (QED) is 0.672. The van der Waals surface area contributed by atoms with Crippen LogP contribution in [0.15, 0.2) is 40.8 Å². The molecule has 5 heteroatoms. The molecule has 0 saturated carbocycles. The summed E-state index contributed by atoms with van der Waals surface area (Å²) >= 11 is 12.0. The largest absolute Gasteiger partial charge is 0.436 e. The Morgan fingerprint density at radius 2 is 1.89 bits per heavy atom. The maximum Gasteiger partial charge on any atom is 0.228 e. The summed E-state index contributed by atoms with van der Waals surface area (Å²) in [7, 11) is 0. The summed E-state index contributed by atoms with van der Waals surface area (Å²) in [4.78, 5) is 4.36. The predicted octanol–water partition coefficient (Wildman–Crippen LogP) is 4.38. The molecule has 3 aromatic rings. The smallest absolute Gasteiger partial charge is 0.228 e. The maximum atomic E-state index is 6.11.